The Hall–Kier alpha value is -0.120. The second-order valence-electron chi connectivity index (χ2n) is 6.48. The second-order valence-corrected chi connectivity index (χ2v) is 6.48. The number of nitrogens with two attached hydrogens (primary N) is 1. The van der Waals surface area contributed by atoms with Crippen LogP contribution in [-0.4, -0.2) is 42.8 Å². The van der Waals surface area contributed by atoms with Crippen LogP contribution in [0.4, 0.5) is 0 Å². The smallest absolute Gasteiger partial charge is 0.0469 e. The molecule has 0 radical (unpaired) electrons. The zero-order chi connectivity index (χ0) is 12.4. The van der Waals surface area contributed by atoms with Gasteiger partial charge in [0.1, 0.15) is 0 Å². The van der Waals surface area contributed by atoms with E-state index in [0.717, 1.165) is 13.2 Å². The van der Waals surface area contributed by atoms with E-state index in [1.165, 1.54) is 64.5 Å². The minimum atomic E-state index is 0.346. The average Bonchev–Trinajstić information content (AvgIpc) is 3.10. The lowest BCUT2D eigenvalue weighted by Crippen LogP contribution is -2.60. The third kappa shape index (κ3) is 2.21. The summed E-state index contributed by atoms with van der Waals surface area (Å²) in [6, 6.07) is 0.377. The molecule has 3 aliphatic rings. The molecule has 18 heavy (non-hydrogen) atoms. The molecule has 0 spiro atoms. The number of rotatable bonds is 3. The van der Waals surface area contributed by atoms with E-state index in [2.05, 4.69) is 4.90 Å². The average molecular weight is 252 g/mol. The van der Waals surface area contributed by atoms with Crippen molar-refractivity contribution in [2.24, 2.45) is 11.7 Å². The summed E-state index contributed by atoms with van der Waals surface area (Å²) >= 11 is 0. The Bertz CT molecular complexity index is 264. The van der Waals surface area contributed by atoms with Gasteiger partial charge >= 0.3 is 0 Å². The van der Waals surface area contributed by atoms with Crippen molar-refractivity contribution >= 4 is 0 Å². The molecule has 3 nitrogen and oxygen atoms in total. The molecule has 2 heterocycles. The van der Waals surface area contributed by atoms with E-state index in [-0.39, 0.29) is 0 Å². The van der Waals surface area contributed by atoms with E-state index in [9.17, 15) is 0 Å². The Morgan fingerprint density at radius 2 is 1.61 bits per heavy atom. The summed E-state index contributed by atoms with van der Waals surface area (Å²) in [6.45, 7) is 4.43. The first-order valence-corrected chi connectivity index (χ1v) is 7.91. The maximum Gasteiger partial charge on any atom is 0.0469 e. The maximum absolute atomic E-state index is 6.77. The number of likely N-dealkylation sites (tertiary alicyclic amines) is 1. The van der Waals surface area contributed by atoms with Crippen molar-refractivity contribution in [2.45, 2.75) is 62.9 Å². The van der Waals surface area contributed by atoms with Gasteiger partial charge in [0.25, 0.3) is 0 Å². The number of nitrogens with zero attached hydrogens (tertiary/aromatic N) is 1. The van der Waals surface area contributed by atoms with Crippen molar-refractivity contribution in [1.29, 1.82) is 0 Å². The Labute approximate surface area is 111 Å². The number of hydrogen-bond acceptors (Lipinski definition) is 3. The van der Waals surface area contributed by atoms with E-state index in [4.69, 9.17) is 10.5 Å². The highest BCUT2D eigenvalue weighted by molar-refractivity contribution is 5.05. The summed E-state index contributed by atoms with van der Waals surface area (Å²) in [6.07, 6.45) is 10.6. The molecule has 0 bridgehead atoms. The predicted molar refractivity (Wildman–Crippen MR) is 73.5 cm³/mol. The van der Waals surface area contributed by atoms with Crippen LogP contribution in [0.3, 0.4) is 0 Å². The Kier molecular flexibility index (Phi) is 3.92. The third-order valence-electron chi connectivity index (χ3n) is 5.60. The first-order valence-electron chi connectivity index (χ1n) is 7.91. The first-order chi connectivity index (χ1) is 8.83. The largest absolute Gasteiger partial charge is 0.381 e. The summed E-state index contributed by atoms with van der Waals surface area (Å²) in [5, 5.41) is 0. The van der Waals surface area contributed by atoms with E-state index >= 15 is 0 Å². The van der Waals surface area contributed by atoms with Gasteiger partial charge in [0.05, 0.1) is 0 Å². The first kappa shape index (κ1) is 12.9. The summed E-state index contributed by atoms with van der Waals surface area (Å²) < 4.78 is 5.50. The van der Waals surface area contributed by atoms with Crippen molar-refractivity contribution in [3.05, 3.63) is 0 Å². The van der Waals surface area contributed by atoms with Crippen molar-refractivity contribution < 1.29 is 4.74 Å². The molecule has 0 aromatic heterocycles. The monoisotopic (exact) mass is 252 g/mol. The van der Waals surface area contributed by atoms with Gasteiger partial charge in [0.2, 0.25) is 0 Å². The molecule has 2 aliphatic heterocycles. The van der Waals surface area contributed by atoms with Crippen LogP contribution in [0.1, 0.15) is 51.4 Å². The highest BCUT2D eigenvalue weighted by atomic mass is 16.5. The lowest BCUT2D eigenvalue weighted by molar-refractivity contribution is 0.0130. The SMILES string of the molecule is NC(C1CCOCC1)C1(N2CCCC2)CCCC1. The van der Waals surface area contributed by atoms with Crippen LogP contribution < -0.4 is 5.73 Å². The topological polar surface area (TPSA) is 38.5 Å². The van der Waals surface area contributed by atoms with Gasteiger partial charge in [-0.05, 0) is 57.5 Å². The molecule has 2 saturated heterocycles. The van der Waals surface area contributed by atoms with Gasteiger partial charge in [-0.15, -0.1) is 0 Å². The Morgan fingerprint density at radius 1 is 1.00 bits per heavy atom. The van der Waals surface area contributed by atoms with Gasteiger partial charge in [-0.1, -0.05) is 12.8 Å². The fraction of sp³-hybridized carbons (Fsp3) is 1.00. The van der Waals surface area contributed by atoms with Gasteiger partial charge in [-0.2, -0.15) is 0 Å². The van der Waals surface area contributed by atoms with E-state index in [1.807, 2.05) is 0 Å². The number of hydrogen-bond donors (Lipinski definition) is 1. The lowest BCUT2D eigenvalue weighted by Gasteiger charge is -2.47. The van der Waals surface area contributed by atoms with E-state index < -0.39 is 0 Å². The lowest BCUT2D eigenvalue weighted by atomic mass is 9.76. The molecule has 0 amide bonds. The van der Waals surface area contributed by atoms with Crippen LogP contribution in [-0.2, 0) is 4.74 Å². The van der Waals surface area contributed by atoms with E-state index in [0.29, 0.717) is 17.5 Å². The minimum absolute atomic E-state index is 0.346. The number of ether oxygens (including phenoxy) is 1. The van der Waals surface area contributed by atoms with Gasteiger partial charge < -0.3 is 10.5 Å². The van der Waals surface area contributed by atoms with Crippen LogP contribution in [0.5, 0.6) is 0 Å². The van der Waals surface area contributed by atoms with Crippen LogP contribution in [0, 0.1) is 5.92 Å². The highest BCUT2D eigenvalue weighted by Crippen LogP contribution is 2.42. The predicted octanol–water partition coefficient (Wildman–Crippen LogP) is 2.15. The molecule has 0 aromatic carbocycles. The summed E-state index contributed by atoms with van der Waals surface area (Å²) in [5.41, 5.74) is 7.12. The van der Waals surface area contributed by atoms with Crippen LogP contribution in [0.2, 0.25) is 0 Å². The van der Waals surface area contributed by atoms with Gasteiger partial charge in [-0.25, -0.2) is 0 Å². The normalized spacial score (nSPS) is 31.8. The van der Waals surface area contributed by atoms with Crippen molar-refractivity contribution in [2.75, 3.05) is 26.3 Å². The van der Waals surface area contributed by atoms with Crippen LogP contribution in [0.25, 0.3) is 0 Å². The summed E-state index contributed by atoms with van der Waals surface area (Å²) in [7, 11) is 0. The quantitative estimate of drug-likeness (QED) is 0.836. The molecule has 104 valence electrons. The van der Waals surface area contributed by atoms with Crippen molar-refractivity contribution in [3.8, 4) is 0 Å². The van der Waals surface area contributed by atoms with E-state index in [1.54, 1.807) is 0 Å². The molecule has 1 saturated carbocycles. The van der Waals surface area contributed by atoms with Crippen LogP contribution >= 0.6 is 0 Å². The Morgan fingerprint density at radius 3 is 2.22 bits per heavy atom. The molecule has 2 N–H and O–H groups in total. The molecular formula is C15H28N2O. The minimum Gasteiger partial charge on any atom is -0.381 e. The molecule has 3 fully saturated rings. The fourth-order valence-electron chi connectivity index (χ4n) is 4.52. The summed E-state index contributed by atoms with van der Waals surface area (Å²) in [4.78, 5) is 2.75. The summed E-state index contributed by atoms with van der Waals surface area (Å²) in [5.74, 6) is 0.692. The second kappa shape index (κ2) is 5.48. The zero-order valence-electron chi connectivity index (χ0n) is 11.6. The Balaban J connectivity index is 1.75. The van der Waals surface area contributed by atoms with Gasteiger partial charge in [0.15, 0.2) is 0 Å². The maximum atomic E-state index is 6.77. The molecule has 3 rings (SSSR count). The van der Waals surface area contributed by atoms with Gasteiger partial charge in [-0.3, -0.25) is 4.90 Å². The molecule has 1 unspecified atom stereocenters. The fourth-order valence-corrected chi connectivity index (χ4v) is 4.52. The molecule has 1 aliphatic carbocycles. The third-order valence-corrected chi connectivity index (χ3v) is 5.60. The zero-order valence-corrected chi connectivity index (χ0v) is 11.6. The van der Waals surface area contributed by atoms with Crippen molar-refractivity contribution in [3.63, 3.8) is 0 Å². The van der Waals surface area contributed by atoms with Crippen molar-refractivity contribution in [1.82, 2.24) is 4.90 Å². The van der Waals surface area contributed by atoms with Gasteiger partial charge in [0, 0.05) is 24.8 Å². The molecule has 3 heteroatoms. The standard InChI is InChI=1S/C15H28N2O/c16-14(13-5-11-18-12-6-13)15(7-1-2-8-15)17-9-3-4-10-17/h13-14H,1-12,16H2. The highest BCUT2D eigenvalue weighted by Gasteiger charge is 2.47. The van der Waals surface area contributed by atoms with Crippen LogP contribution in [0.15, 0.2) is 0 Å². The molecular weight excluding hydrogens is 224 g/mol. The molecule has 1 atom stereocenters. The molecule has 0 aromatic rings.